The van der Waals surface area contributed by atoms with Gasteiger partial charge < -0.3 is 10.1 Å². The summed E-state index contributed by atoms with van der Waals surface area (Å²) in [6, 6.07) is 6.62. The first-order valence-electron chi connectivity index (χ1n) is 5.69. The number of benzene rings is 1. The third kappa shape index (κ3) is 2.88. The monoisotopic (exact) mass is 338 g/mol. The normalized spacial score (nSPS) is 16.5. The van der Waals surface area contributed by atoms with E-state index in [-0.39, 0.29) is 5.70 Å². The molecule has 1 heterocycles. The van der Waals surface area contributed by atoms with E-state index in [1.165, 1.54) is 7.11 Å². The van der Waals surface area contributed by atoms with E-state index in [9.17, 15) is 14.4 Å². The molecule has 0 spiro atoms. The highest BCUT2D eigenvalue weighted by molar-refractivity contribution is 9.10. The SMILES string of the molecule is COC(=O)CN1C(=O)NC(=Cc2ccccc2Br)C1=O. The molecule has 1 saturated heterocycles. The molecule has 1 fully saturated rings. The summed E-state index contributed by atoms with van der Waals surface area (Å²) in [7, 11) is 1.19. The van der Waals surface area contributed by atoms with Gasteiger partial charge in [-0.3, -0.25) is 9.59 Å². The highest BCUT2D eigenvalue weighted by Crippen LogP contribution is 2.20. The quantitative estimate of drug-likeness (QED) is 0.515. The number of urea groups is 1. The molecule has 7 heteroatoms. The summed E-state index contributed by atoms with van der Waals surface area (Å²) in [6.45, 7) is -0.408. The van der Waals surface area contributed by atoms with Gasteiger partial charge in [-0.15, -0.1) is 0 Å². The topological polar surface area (TPSA) is 75.7 Å². The van der Waals surface area contributed by atoms with Gasteiger partial charge in [0, 0.05) is 4.47 Å². The Morgan fingerprint density at radius 2 is 2.10 bits per heavy atom. The molecule has 104 valence electrons. The van der Waals surface area contributed by atoms with Crippen molar-refractivity contribution in [2.24, 2.45) is 0 Å². The van der Waals surface area contributed by atoms with E-state index in [0.29, 0.717) is 0 Å². The Bertz CT molecular complexity index is 612. The van der Waals surface area contributed by atoms with Crippen molar-refractivity contribution < 1.29 is 19.1 Å². The second kappa shape index (κ2) is 5.87. The molecule has 6 nitrogen and oxygen atoms in total. The Morgan fingerprint density at radius 1 is 1.40 bits per heavy atom. The van der Waals surface area contributed by atoms with Gasteiger partial charge in [0.15, 0.2) is 0 Å². The average Bonchev–Trinajstić information content (AvgIpc) is 2.69. The van der Waals surface area contributed by atoms with Crippen molar-refractivity contribution in [2.45, 2.75) is 0 Å². The third-order valence-electron chi connectivity index (χ3n) is 2.68. The molecule has 0 radical (unpaired) electrons. The number of halogens is 1. The minimum Gasteiger partial charge on any atom is -0.468 e. The van der Waals surface area contributed by atoms with Gasteiger partial charge in [-0.25, -0.2) is 9.69 Å². The molecule has 1 aliphatic rings. The van der Waals surface area contributed by atoms with Crippen LogP contribution in [0.3, 0.4) is 0 Å². The van der Waals surface area contributed by atoms with Gasteiger partial charge in [0.05, 0.1) is 7.11 Å². The fraction of sp³-hybridized carbons (Fsp3) is 0.154. The largest absolute Gasteiger partial charge is 0.468 e. The van der Waals surface area contributed by atoms with Gasteiger partial charge in [0.25, 0.3) is 5.91 Å². The number of nitrogens with zero attached hydrogens (tertiary/aromatic N) is 1. The molecule has 1 aromatic rings. The number of imide groups is 1. The summed E-state index contributed by atoms with van der Waals surface area (Å²) >= 11 is 3.35. The van der Waals surface area contributed by atoms with E-state index in [2.05, 4.69) is 26.0 Å². The molecule has 0 aromatic heterocycles. The number of hydrogen-bond acceptors (Lipinski definition) is 4. The van der Waals surface area contributed by atoms with Gasteiger partial charge in [-0.2, -0.15) is 0 Å². The molecule has 1 aliphatic heterocycles. The smallest absolute Gasteiger partial charge is 0.329 e. The van der Waals surface area contributed by atoms with Crippen LogP contribution in [-0.4, -0.2) is 36.5 Å². The number of ether oxygens (including phenoxy) is 1. The predicted molar refractivity (Wildman–Crippen MR) is 74.4 cm³/mol. The maximum absolute atomic E-state index is 12.0. The van der Waals surface area contributed by atoms with Crippen LogP contribution in [0.5, 0.6) is 0 Å². The molecule has 20 heavy (non-hydrogen) atoms. The van der Waals surface area contributed by atoms with Crippen molar-refractivity contribution in [3.05, 3.63) is 40.0 Å². The molecule has 2 rings (SSSR count). The first kappa shape index (κ1) is 14.3. The van der Waals surface area contributed by atoms with E-state index in [0.717, 1.165) is 14.9 Å². The lowest BCUT2D eigenvalue weighted by atomic mass is 10.2. The van der Waals surface area contributed by atoms with Crippen molar-refractivity contribution in [1.82, 2.24) is 10.2 Å². The number of rotatable bonds is 3. The average molecular weight is 339 g/mol. The van der Waals surface area contributed by atoms with Crippen molar-refractivity contribution in [2.75, 3.05) is 13.7 Å². The second-order valence-corrected chi connectivity index (χ2v) is 4.83. The lowest BCUT2D eigenvalue weighted by molar-refractivity contribution is -0.143. The van der Waals surface area contributed by atoms with Crippen molar-refractivity contribution >= 4 is 39.9 Å². The van der Waals surface area contributed by atoms with Crippen LogP contribution in [0.2, 0.25) is 0 Å². The van der Waals surface area contributed by atoms with Gasteiger partial charge >= 0.3 is 12.0 Å². The molecule has 0 saturated carbocycles. The zero-order valence-corrected chi connectivity index (χ0v) is 12.1. The number of methoxy groups -OCH3 is 1. The number of hydrogen-bond donors (Lipinski definition) is 1. The van der Waals surface area contributed by atoms with Crippen molar-refractivity contribution in [3.63, 3.8) is 0 Å². The third-order valence-corrected chi connectivity index (χ3v) is 3.40. The van der Waals surface area contributed by atoms with Crippen molar-refractivity contribution in [3.8, 4) is 0 Å². The number of nitrogens with one attached hydrogen (secondary N) is 1. The first-order valence-corrected chi connectivity index (χ1v) is 6.48. The number of esters is 1. The van der Waals surface area contributed by atoms with Gasteiger partial charge in [0.1, 0.15) is 12.2 Å². The Kier molecular flexibility index (Phi) is 4.19. The molecule has 0 atom stereocenters. The van der Waals surface area contributed by atoms with Crippen LogP contribution >= 0.6 is 15.9 Å². The second-order valence-electron chi connectivity index (χ2n) is 3.98. The van der Waals surface area contributed by atoms with Crippen LogP contribution in [0.1, 0.15) is 5.56 Å². The minimum absolute atomic E-state index is 0.116. The van der Waals surface area contributed by atoms with Gasteiger partial charge in [-0.05, 0) is 17.7 Å². The van der Waals surface area contributed by atoms with E-state index in [1.807, 2.05) is 18.2 Å². The molecule has 0 bridgehead atoms. The number of carbonyl (C=O) groups excluding carboxylic acids is 3. The van der Waals surface area contributed by atoms with Gasteiger partial charge in [0.2, 0.25) is 0 Å². The van der Waals surface area contributed by atoms with Crippen LogP contribution in [0.25, 0.3) is 6.08 Å². The molecular formula is C13H11BrN2O4. The fourth-order valence-electron chi connectivity index (χ4n) is 1.66. The van der Waals surface area contributed by atoms with Crippen LogP contribution < -0.4 is 5.32 Å². The van der Waals surface area contributed by atoms with Crippen molar-refractivity contribution in [1.29, 1.82) is 0 Å². The van der Waals surface area contributed by atoms with Gasteiger partial charge in [-0.1, -0.05) is 34.1 Å². The molecule has 0 aliphatic carbocycles. The Hall–Kier alpha value is -2.15. The standard InChI is InChI=1S/C13H11BrN2O4/c1-20-11(17)7-16-12(18)10(15-13(16)19)6-8-4-2-3-5-9(8)14/h2-6H,7H2,1H3,(H,15,19). The molecule has 1 aromatic carbocycles. The Morgan fingerprint density at radius 3 is 2.75 bits per heavy atom. The highest BCUT2D eigenvalue weighted by Gasteiger charge is 2.35. The molecule has 3 amide bonds. The fourth-order valence-corrected chi connectivity index (χ4v) is 2.06. The summed E-state index contributed by atoms with van der Waals surface area (Å²) in [6.07, 6.45) is 1.54. The molecular weight excluding hydrogens is 328 g/mol. The van der Waals surface area contributed by atoms with E-state index < -0.39 is 24.5 Å². The Balaban J connectivity index is 2.24. The molecule has 0 unspecified atom stereocenters. The number of carbonyl (C=O) groups is 3. The minimum atomic E-state index is -0.657. The maximum Gasteiger partial charge on any atom is 0.329 e. The Labute approximate surface area is 123 Å². The maximum atomic E-state index is 12.0. The van der Waals surface area contributed by atoms with E-state index in [1.54, 1.807) is 12.1 Å². The number of amides is 3. The predicted octanol–water partition coefficient (Wildman–Crippen LogP) is 1.51. The zero-order valence-electron chi connectivity index (χ0n) is 10.6. The van der Waals surface area contributed by atoms with Crippen LogP contribution in [-0.2, 0) is 14.3 Å². The summed E-state index contributed by atoms with van der Waals surface area (Å²) in [4.78, 5) is 35.6. The highest BCUT2D eigenvalue weighted by atomic mass is 79.9. The zero-order chi connectivity index (χ0) is 14.7. The van der Waals surface area contributed by atoms with E-state index in [4.69, 9.17) is 0 Å². The van der Waals surface area contributed by atoms with Crippen LogP contribution in [0.4, 0.5) is 4.79 Å². The summed E-state index contributed by atoms with van der Waals surface area (Å²) in [5.74, 6) is -1.22. The lowest BCUT2D eigenvalue weighted by Crippen LogP contribution is -2.36. The van der Waals surface area contributed by atoms with Crippen LogP contribution in [0, 0.1) is 0 Å². The summed E-state index contributed by atoms with van der Waals surface area (Å²) < 4.78 is 5.23. The van der Waals surface area contributed by atoms with Crippen LogP contribution in [0.15, 0.2) is 34.4 Å². The summed E-state index contributed by atoms with van der Waals surface area (Å²) in [5.41, 5.74) is 0.863. The first-order chi connectivity index (χ1) is 9.52. The summed E-state index contributed by atoms with van der Waals surface area (Å²) in [5, 5.41) is 2.43. The lowest BCUT2D eigenvalue weighted by Gasteiger charge is -2.09. The molecule has 1 N–H and O–H groups in total. The van der Waals surface area contributed by atoms with E-state index >= 15 is 0 Å².